The van der Waals surface area contributed by atoms with Crippen LogP contribution in [0.1, 0.15) is 30.9 Å². The van der Waals surface area contributed by atoms with Crippen molar-refractivity contribution in [2.24, 2.45) is 4.99 Å². The Balaban J connectivity index is 2.94. The number of carboxylic acid groups (broad SMARTS) is 1. The number of halogens is 2. The van der Waals surface area contributed by atoms with Crippen LogP contribution in [0, 0.1) is 0 Å². The van der Waals surface area contributed by atoms with Gasteiger partial charge >= 0.3 is 5.97 Å². The summed E-state index contributed by atoms with van der Waals surface area (Å²) < 4.78 is 25.2. The molecule has 0 saturated heterocycles. The summed E-state index contributed by atoms with van der Waals surface area (Å²) in [5, 5.41) is 8.77. The molecule has 0 spiro atoms. The van der Waals surface area contributed by atoms with Gasteiger partial charge in [0.05, 0.1) is 0 Å². The normalized spacial score (nSPS) is 13.2. The molecule has 0 aliphatic carbocycles. The molecule has 0 radical (unpaired) electrons. The van der Waals surface area contributed by atoms with E-state index in [1.807, 2.05) is 0 Å². The van der Waals surface area contributed by atoms with Crippen molar-refractivity contribution in [3.8, 4) is 0 Å². The summed E-state index contributed by atoms with van der Waals surface area (Å²) in [5.41, 5.74) is 0.110. The number of hydrogen-bond donors (Lipinski definition) is 1. The van der Waals surface area contributed by atoms with Crippen molar-refractivity contribution < 1.29 is 18.7 Å². The molecule has 0 aromatic heterocycles. The third kappa shape index (κ3) is 3.62. The molecule has 1 atom stereocenters. The first kappa shape index (κ1) is 13.3. The van der Waals surface area contributed by atoms with Crippen molar-refractivity contribution in [1.82, 2.24) is 0 Å². The second-order valence-electron chi connectivity index (χ2n) is 3.47. The topological polar surface area (TPSA) is 49.7 Å². The lowest BCUT2D eigenvalue weighted by Gasteiger charge is -2.05. The molecule has 1 N–H and O–H groups in total. The van der Waals surface area contributed by atoms with Gasteiger partial charge in [0, 0.05) is 17.3 Å². The van der Waals surface area contributed by atoms with Gasteiger partial charge in [-0.15, -0.1) is 0 Å². The molecule has 0 heterocycles. The summed E-state index contributed by atoms with van der Waals surface area (Å²) in [6, 6.07) is 5.01. The maximum absolute atomic E-state index is 12.6. The Morgan fingerprint density at radius 3 is 2.65 bits per heavy atom. The summed E-state index contributed by atoms with van der Waals surface area (Å²) in [7, 11) is 0. The number of carbonyl (C=O) groups is 1. The van der Waals surface area contributed by atoms with Crippen LogP contribution in [-0.4, -0.2) is 23.3 Å². The van der Waals surface area contributed by atoms with Crippen molar-refractivity contribution >= 4 is 12.2 Å². The van der Waals surface area contributed by atoms with Crippen LogP contribution in [0.5, 0.6) is 0 Å². The molecule has 1 unspecified atom stereocenters. The number of alkyl halides is 2. The smallest absolute Gasteiger partial charge is 0.328 e. The summed E-state index contributed by atoms with van der Waals surface area (Å²) in [4.78, 5) is 14.5. The summed E-state index contributed by atoms with van der Waals surface area (Å²) in [5.74, 6) is -1.06. The van der Waals surface area contributed by atoms with Gasteiger partial charge in [-0.1, -0.05) is 31.2 Å². The van der Waals surface area contributed by atoms with E-state index in [0.717, 1.165) is 0 Å². The fourth-order valence-electron chi connectivity index (χ4n) is 1.34. The Morgan fingerprint density at radius 2 is 2.12 bits per heavy atom. The van der Waals surface area contributed by atoms with Crippen molar-refractivity contribution in [3.63, 3.8) is 0 Å². The first-order valence-corrected chi connectivity index (χ1v) is 5.19. The molecule has 0 saturated carbocycles. The van der Waals surface area contributed by atoms with Gasteiger partial charge in [-0.2, -0.15) is 0 Å². The van der Waals surface area contributed by atoms with Gasteiger partial charge in [0.25, 0.3) is 6.43 Å². The van der Waals surface area contributed by atoms with E-state index in [2.05, 4.69) is 4.99 Å². The van der Waals surface area contributed by atoms with E-state index in [-0.39, 0.29) is 11.1 Å². The fraction of sp³-hybridized carbons (Fsp3) is 0.333. The Hall–Kier alpha value is -1.78. The predicted octanol–water partition coefficient (Wildman–Crippen LogP) is 2.91. The van der Waals surface area contributed by atoms with E-state index in [1.165, 1.54) is 24.4 Å². The molecular formula is C12H13F2NO2. The Kier molecular flexibility index (Phi) is 4.75. The molecule has 1 aromatic carbocycles. The van der Waals surface area contributed by atoms with E-state index in [4.69, 9.17) is 5.11 Å². The fourth-order valence-corrected chi connectivity index (χ4v) is 1.34. The van der Waals surface area contributed by atoms with Gasteiger partial charge in [-0.3, -0.25) is 4.99 Å². The van der Waals surface area contributed by atoms with Gasteiger partial charge in [-0.05, 0) is 6.42 Å². The van der Waals surface area contributed by atoms with E-state index in [9.17, 15) is 13.6 Å². The third-order valence-electron chi connectivity index (χ3n) is 2.30. The minimum atomic E-state index is -2.59. The monoisotopic (exact) mass is 241 g/mol. The van der Waals surface area contributed by atoms with E-state index >= 15 is 0 Å². The molecule has 5 heteroatoms. The molecule has 0 amide bonds. The number of benzene rings is 1. The number of aliphatic imine (C=N–C) groups is 1. The summed E-state index contributed by atoms with van der Waals surface area (Å²) in [6.45, 7) is 1.68. The average Bonchev–Trinajstić information content (AvgIpc) is 2.29. The van der Waals surface area contributed by atoms with Gasteiger partial charge in [0.15, 0.2) is 0 Å². The summed E-state index contributed by atoms with van der Waals surface area (Å²) >= 11 is 0. The third-order valence-corrected chi connectivity index (χ3v) is 2.30. The van der Waals surface area contributed by atoms with Crippen molar-refractivity contribution in [3.05, 3.63) is 35.4 Å². The molecule has 92 valence electrons. The van der Waals surface area contributed by atoms with Crippen molar-refractivity contribution in [2.45, 2.75) is 25.8 Å². The van der Waals surface area contributed by atoms with Crippen molar-refractivity contribution in [2.75, 3.05) is 0 Å². The van der Waals surface area contributed by atoms with Crippen LogP contribution in [0.3, 0.4) is 0 Å². The van der Waals surface area contributed by atoms with Crippen LogP contribution in [0.2, 0.25) is 0 Å². The standard InChI is InChI=1S/C12H13F2NO2/c1-2-10(12(16)17)15-7-8-5-3-4-6-9(8)11(13)14/h3-7,10-11H,2H2,1H3,(H,16,17). The Bertz CT molecular complexity index is 419. The highest BCUT2D eigenvalue weighted by atomic mass is 19.3. The minimum Gasteiger partial charge on any atom is -0.480 e. The zero-order valence-electron chi connectivity index (χ0n) is 9.31. The molecule has 1 rings (SSSR count). The number of carboxylic acids is 1. The van der Waals surface area contributed by atoms with Gasteiger partial charge in [-0.25, -0.2) is 13.6 Å². The van der Waals surface area contributed by atoms with E-state index in [1.54, 1.807) is 13.0 Å². The lowest BCUT2D eigenvalue weighted by atomic mass is 10.1. The molecule has 0 aliphatic heterocycles. The zero-order chi connectivity index (χ0) is 12.8. The molecule has 3 nitrogen and oxygen atoms in total. The molecule has 0 bridgehead atoms. The highest BCUT2D eigenvalue weighted by Crippen LogP contribution is 2.21. The first-order valence-electron chi connectivity index (χ1n) is 5.19. The van der Waals surface area contributed by atoms with Gasteiger partial charge in [0.2, 0.25) is 0 Å². The van der Waals surface area contributed by atoms with Crippen LogP contribution in [0.4, 0.5) is 8.78 Å². The number of rotatable bonds is 5. The maximum atomic E-state index is 12.6. The molecule has 17 heavy (non-hydrogen) atoms. The van der Waals surface area contributed by atoms with E-state index < -0.39 is 18.4 Å². The summed E-state index contributed by atoms with van der Waals surface area (Å²) in [6.07, 6.45) is -1.07. The maximum Gasteiger partial charge on any atom is 0.328 e. The van der Waals surface area contributed by atoms with Crippen molar-refractivity contribution in [1.29, 1.82) is 0 Å². The Morgan fingerprint density at radius 1 is 1.47 bits per heavy atom. The van der Waals surface area contributed by atoms with Crippen LogP contribution in [0.15, 0.2) is 29.3 Å². The van der Waals surface area contributed by atoms with Crippen LogP contribution < -0.4 is 0 Å². The zero-order valence-corrected chi connectivity index (χ0v) is 9.31. The highest BCUT2D eigenvalue weighted by Gasteiger charge is 2.14. The second kappa shape index (κ2) is 6.08. The van der Waals surface area contributed by atoms with Gasteiger partial charge < -0.3 is 5.11 Å². The quantitative estimate of drug-likeness (QED) is 0.806. The number of nitrogens with zero attached hydrogens (tertiary/aromatic N) is 1. The minimum absolute atomic E-state index is 0.142. The van der Waals surface area contributed by atoms with Gasteiger partial charge in [0.1, 0.15) is 6.04 Å². The predicted molar refractivity (Wildman–Crippen MR) is 60.7 cm³/mol. The SMILES string of the molecule is CCC(N=Cc1ccccc1C(F)F)C(=O)O. The number of hydrogen-bond acceptors (Lipinski definition) is 2. The molecule has 0 fully saturated rings. The second-order valence-corrected chi connectivity index (χ2v) is 3.47. The first-order chi connectivity index (χ1) is 8.06. The lowest BCUT2D eigenvalue weighted by molar-refractivity contribution is -0.138. The lowest BCUT2D eigenvalue weighted by Crippen LogP contribution is -2.16. The molecule has 0 aliphatic rings. The largest absolute Gasteiger partial charge is 0.480 e. The van der Waals surface area contributed by atoms with Crippen LogP contribution >= 0.6 is 0 Å². The highest BCUT2D eigenvalue weighted by molar-refractivity contribution is 5.84. The number of aliphatic carboxylic acids is 1. The molecule has 1 aromatic rings. The van der Waals surface area contributed by atoms with Crippen LogP contribution in [-0.2, 0) is 4.79 Å². The average molecular weight is 241 g/mol. The molecular weight excluding hydrogens is 228 g/mol. The Labute approximate surface area is 97.8 Å². The van der Waals surface area contributed by atoms with E-state index in [0.29, 0.717) is 6.42 Å². The van der Waals surface area contributed by atoms with Crippen LogP contribution in [0.25, 0.3) is 0 Å².